The highest BCUT2D eigenvalue weighted by Crippen LogP contribution is 2.40. The summed E-state index contributed by atoms with van der Waals surface area (Å²) in [6.45, 7) is 5.60. The van der Waals surface area contributed by atoms with Crippen LogP contribution in [0.25, 0.3) is 5.57 Å². The molecule has 1 amide bonds. The number of carbonyl (C=O) groups is 1. The number of benzene rings is 2. The summed E-state index contributed by atoms with van der Waals surface area (Å²) < 4.78 is 36.5. The lowest BCUT2D eigenvalue weighted by atomic mass is 10.0. The zero-order chi connectivity index (χ0) is 24.9. The highest BCUT2D eigenvalue weighted by Gasteiger charge is 2.27. The van der Waals surface area contributed by atoms with Gasteiger partial charge in [-0.2, -0.15) is 0 Å². The molecule has 34 heavy (non-hydrogen) atoms. The molecule has 0 aromatic heterocycles. The van der Waals surface area contributed by atoms with Gasteiger partial charge >= 0.3 is 0 Å². The molecule has 3 rings (SSSR count). The Morgan fingerprint density at radius 1 is 1.12 bits per heavy atom. The average Bonchev–Trinajstić information content (AvgIpc) is 3.09. The molecule has 0 bridgehead atoms. The third kappa shape index (κ3) is 5.81. The molecular formula is C24H32N4O5S. The van der Waals surface area contributed by atoms with Gasteiger partial charge in [0, 0.05) is 42.0 Å². The van der Waals surface area contributed by atoms with Crippen LogP contribution in [0.3, 0.4) is 0 Å². The van der Waals surface area contributed by atoms with Gasteiger partial charge in [0.1, 0.15) is 0 Å². The van der Waals surface area contributed by atoms with Crippen molar-refractivity contribution >= 4 is 38.6 Å². The second-order valence-corrected chi connectivity index (χ2v) is 9.86. The Morgan fingerprint density at radius 3 is 2.35 bits per heavy atom. The number of likely N-dealkylation sites (N-methyl/N-ethyl adjacent to an activating group) is 1. The number of ether oxygens (including phenoxy) is 2. The van der Waals surface area contributed by atoms with E-state index in [0.717, 1.165) is 17.8 Å². The summed E-state index contributed by atoms with van der Waals surface area (Å²) >= 11 is 0. The van der Waals surface area contributed by atoms with E-state index < -0.39 is 10.0 Å². The minimum Gasteiger partial charge on any atom is -0.493 e. The molecule has 0 saturated heterocycles. The molecule has 1 aliphatic heterocycles. The molecule has 9 nitrogen and oxygen atoms in total. The molecule has 1 atom stereocenters. The summed E-state index contributed by atoms with van der Waals surface area (Å²) in [4.78, 5) is 12.6. The zero-order valence-electron chi connectivity index (χ0n) is 20.1. The Labute approximate surface area is 201 Å². The fourth-order valence-corrected chi connectivity index (χ4v) is 4.73. The van der Waals surface area contributed by atoms with Crippen LogP contribution in [0.4, 0.5) is 17.1 Å². The molecule has 0 aliphatic carbocycles. The van der Waals surface area contributed by atoms with Crippen molar-refractivity contribution < 1.29 is 22.7 Å². The number of methoxy groups -OCH3 is 2. The van der Waals surface area contributed by atoms with E-state index >= 15 is 0 Å². The standard InChI is InChI=1S/C24H32N4O5S/c1-6-25-11-12-28(34(5,30)31)18-9-7-17(8-10-18)26-16(2)13-20-19-14-22(32-3)23(33-4)15-21(19)27-24(20)29/h7-10,13-16,25-26H,6,11-12H2,1-5H3,(H,27,29). The van der Waals surface area contributed by atoms with Gasteiger partial charge in [-0.25, -0.2) is 8.42 Å². The summed E-state index contributed by atoms with van der Waals surface area (Å²) in [6.07, 6.45) is 3.05. The summed E-state index contributed by atoms with van der Waals surface area (Å²) in [5.74, 6) is 0.894. The summed E-state index contributed by atoms with van der Waals surface area (Å²) in [5.41, 5.74) is 3.36. The SMILES string of the molecule is CCNCCN(c1ccc(NC(C)C=C2C(=O)Nc3cc(OC)c(OC)cc32)cc1)S(C)(=O)=O. The number of fused-ring (bicyclic) bond motifs is 1. The van der Waals surface area contributed by atoms with Gasteiger partial charge in [-0.3, -0.25) is 9.10 Å². The molecule has 2 aromatic rings. The number of rotatable bonds is 11. The van der Waals surface area contributed by atoms with Crippen LogP contribution in [0.2, 0.25) is 0 Å². The molecule has 2 aromatic carbocycles. The monoisotopic (exact) mass is 488 g/mol. The lowest BCUT2D eigenvalue weighted by molar-refractivity contribution is -0.110. The van der Waals surface area contributed by atoms with E-state index in [1.165, 1.54) is 10.6 Å². The number of nitrogens with zero attached hydrogens (tertiary/aromatic N) is 1. The van der Waals surface area contributed by atoms with Gasteiger partial charge in [0.15, 0.2) is 11.5 Å². The van der Waals surface area contributed by atoms with Gasteiger partial charge in [-0.05, 0) is 49.9 Å². The van der Waals surface area contributed by atoms with E-state index in [1.807, 2.05) is 32.1 Å². The van der Waals surface area contributed by atoms with Crippen LogP contribution in [0.5, 0.6) is 11.5 Å². The van der Waals surface area contributed by atoms with Crippen LogP contribution in [-0.4, -0.2) is 60.5 Å². The Balaban J connectivity index is 1.77. The number of anilines is 3. The van der Waals surface area contributed by atoms with Crippen molar-refractivity contribution in [1.82, 2.24) is 5.32 Å². The minimum absolute atomic E-state index is 0.176. The quantitative estimate of drug-likeness (QED) is 0.330. The van der Waals surface area contributed by atoms with E-state index in [9.17, 15) is 13.2 Å². The van der Waals surface area contributed by atoms with Crippen LogP contribution < -0.4 is 29.7 Å². The van der Waals surface area contributed by atoms with E-state index in [2.05, 4.69) is 16.0 Å². The normalized spacial score (nSPS) is 15.0. The van der Waals surface area contributed by atoms with Crippen molar-refractivity contribution in [2.45, 2.75) is 19.9 Å². The lowest BCUT2D eigenvalue weighted by Gasteiger charge is -2.23. The van der Waals surface area contributed by atoms with Crippen molar-refractivity contribution in [2.75, 3.05) is 55.0 Å². The number of hydrogen-bond acceptors (Lipinski definition) is 7. The Morgan fingerprint density at radius 2 is 1.76 bits per heavy atom. The Hall–Kier alpha value is -3.24. The molecule has 0 radical (unpaired) electrons. The van der Waals surface area contributed by atoms with Gasteiger partial charge in [0.2, 0.25) is 10.0 Å². The molecule has 184 valence electrons. The zero-order valence-corrected chi connectivity index (χ0v) is 21.0. The molecule has 1 unspecified atom stereocenters. The second kappa shape index (κ2) is 10.8. The number of amides is 1. The summed E-state index contributed by atoms with van der Waals surface area (Å²) in [5, 5.41) is 9.34. The van der Waals surface area contributed by atoms with Crippen LogP contribution in [0.1, 0.15) is 19.4 Å². The van der Waals surface area contributed by atoms with Crippen LogP contribution in [0, 0.1) is 0 Å². The van der Waals surface area contributed by atoms with Crippen molar-refractivity contribution in [1.29, 1.82) is 0 Å². The van der Waals surface area contributed by atoms with Gasteiger partial charge in [-0.15, -0.1) is 0 Å². The van der Waals surface area contributed by atoms with Crippen LogP contribution in [-0.2, 0) is 14.8 Å². The van der Waals surface area contributed by atoms with E-state index in [4.69, 9.17) is 9.47 Å². The molecule has 3 N–H and O–H groups in total. The maximum atomic E-state index is 12.6. The Kier molecular flexibility index (Phi) is 8.06. The first kappa shape index (κ1) is 25.4. The lowest BCUT2D eigenvalue weighted by Crippen LogP contribution is -2.36. The van der Waals surface area contributed by atoms with Gasteiger partial charge < -0.3 is 25.4 Å². The number of sulfonamides is 1. The fourth-order valence-electron chi connectivity index (χ4n) is 3.80. The first-order chi connectivity index (χ1) is 16.2. The molecule has 0 spiro atoms. The van der Waals surface area contributed by atoms with Gasteiger partial charge in [-0.1, -0.05) is 6.92 Å². The van der Waals surface area contributed by atoms with Crippen LogP contribution in [0.15, 0.2) is 42.5 Å². The van der Waals surface area contributed by atoms with Crippen molar-refractivity contribution in [2.24, 2.45) is 0 Å². The largest absolute Gasteiger partial charge is 0.493 e. The third-order valence-corrected chi connectivity index (χ3v) is 6.61. The molecule has 10 heteroatoms. The van der Waals surface area contributed by atoms with E-state index in [-0.39, 0.29) is 11.9 Å². The molecule has 1 heterocycles. The predicted molar refractivity (Wildman–Crippen MR) is 136 cm³/mol. The van der Waals surface area contributed by atoms with Crippen molar-refractivity contribution in [3.8, 4) is 11.5 Å². The topological polar surface area (TPSA) is 109 Å². The van der Waals surface area contributed by atoms with Crippen molar-refractivity contribution in [3.05, 3.63) is 48.0 Å². The maximum Gasteiger partial charge on any atom is 0.256 e. The van der Waals surface area contributed by atoms with Gasteiger partial charge in [0.25, 0.3) is 5.91 Å². The summed E-state index contributed by atoms with van der Waals surface area (Å²) in [6, 6.07) is 10.5. The predicted octanol–water partition coefficient (Wildman–Crippen LogP) is 2.92. The first-order valence-corrected chi connectivity index (χ1v) is 12.9. The molecule has 0 fully saturated rings. The number of carbonyl (C=O) groups excluding carboxylic acids is 1. The van der Waals surface area contributed by atoms with Crippen molar-refractivity contribution in [3.63, 3.8) is 0 Å². The number of hydrogen-bond donors (Lipinski definition) is 3. The second-order valence-electron chi connectivity index (χ2n) is 7.96. The third-order valence-electron chi connectivity index (χ3n) is 5.42. The first-order valence-electron chi connectivity index (χ1n) is 11.0. The molecule has 0 saturated carbocycles. The van der Waals surface area contributed by atoms with Crippen LogP contribution >= 0.6 is 0 Å². The highest BCUT2D eigenvalue weighted by molar-refractivity contribution is 7.92. The minimum atomic E-state index is -3.40. The average molecular weight is 489 g/mol. The molecule has 1 aliphatic rings. The fraction of sp³-hybridized carbons (Fsp3) is 0.375. The maximum absolute atomic E-state index is 12.6. The summed E-state index contributed by atoms with van der Waals surface area (Å²) in [7, 11) is -0.295. The smallest absolute Gasteiger partial charge is 0.256 e. The Bertz CT molecular complexity index is 1160. The van der Waals surface area contributed by atoms with E-state index in [1.54, 1.807) is 38.5 Å². The highest BCUT2D eigenvalue weighted by atomic mass is 32.2. The molecular weight excluding hydrogens is 456 g/mol. The van der Waals surface area contributed by atoms with E-state index in [0.29, 0.717) is 41.5 Å². The van der Waals surface area contributed by atoms with Gasteiger partial charge in [0.05, 0.1) is 31.9 Å². The number of nitrogens with one attached hydrogen (secondary N) is 3.